The zero-order valence-electron chi connectivity index (χ0n) is 17.4. The van der Waals surface area contributed by atoms with Gasteiger partial charge in [0, 0.05) is 13.1 Å². The first-order chi connectivity index (χ1) is 15.3. The highest BCUT2D eigenvalue weighted by molar-refractivity contribution is 7.89. The molecule has 7 heteroatoms. The lowest BCUT2D eigenvalue weighted by Gasteiger charge is -2.32. The number of sulfonamides is 1. The Morgan fingerprint density at radius 2 is 1.72 bits per heavy atom. The van der Waals surface area contributed by atoms with Gasteiger partial charge < -0.3 is 5.11 Å². The summed E-state index contributed by atoms with van der Waals surface area (Å²) in [6.07, 6.45) is 1.40. The van der Waals surface area contributed by atoms with Crippen LogP contribution in [0.5, 0.6) is 0 Å². The summed E-state index contributed by atoms with van der Waals surface area (Å²) in [6.45, 7) is 0.695. The van der Waals surface area contributed by atoms with E-state index in [1.54, 1.807) is 0 Å². The average Bonchev–Trinajstić information content (AvgIpc) is 2.79. The molecular formula is C25H24FNO4S. The van der Waals surface area contributed by atoms with Crippen molar-refractivity contribution in [2.75, 3.05) is 13.1 Å². The molecule has 32 heavy (non-hydrogen) atoms. The van der Waals surface area contributed by atoms with Gasteiger partial charge in [0.25, 0.3) is 0 Å². The Morgan fingerprint density at radius 1 is 1.00 bits per heavy atom. The van der Waals surface area contributed by atoms with Gasteiger partial charge in [0.2, 0.25) is 10.0 Å². The molecule has 0 spiro atoms. The highest BCUT2D eigenvalue weighted by Crippen LogP contribution is 2.33. The molecule has 5 nitrogen and oxygen atoms in total. The Hall–Kier alpha value is -3.03. The molecule has 1 saturated heterocycles. The van der Waals surface area contributed by atoms with E-state index in [-0.39, 0.29) is 17.2 Å². The molecule has 1 N–H and O–H groups in total. The number of carboxylic acids is 1. The largest absolute Gasteiger partial charge is 0.481 e. The van der Waals surface area contributed by atoms with Gasteiger partial charge in [-0.3, -0.25) is 4.79 Å². The summed E-state index contributed by atoms with van der Waals surface area (Å²) in [5.74, 6) is -1.45. The number of aliphatic carboxylic acids is 1. The predicted molar refractivity (Wildman–Crippen MR) is 120 cm³/mol. The van der Waals surface area contributed by atoms with Gasteiger partial charge in [-0.15, -0.1) is 0 Å². The number of nitrogens with zero attached hydrogens (tertiary/aromatic N) is 1. The third kappa shape index (κ3) is 4.89. The van der Waals surface area contributed by atoms with Crippen LogP contribution in [0.2, 0.25) is 0 Å². The first kappa shape index (κ1) is 22.2. The van der Waals surface area contributed by atoms with Crippen LogP contribution in [-0.2, 0) is 21.2 Å². The van der Waals surface area contributed by atoms with Crippen LogP contribution in [0.1, 0.15) is 29.9 Å². The Bertz CT molecular complexity index is 1210. The monoisotopic (exact) mass is 453 g/mol. The van der Waals surface area contributed by atoms with Gasteiger partial charge in [0.05, 0.1) is 11.3 Å². The number of carbonyl (C=O) groups is 1. The first-order valence-corrected chi connectivity index (χ1v) is 11.9. The zero-order chi connectivity index (χ0) is 22.7. The van der Waals surface area contributed by atoms with Gasteiger partial charge in [0.1, 0.15) is 5.82 Å². The zero-order valence-corrected chi connectivity index (χ0v) is 18.3. The Balaban J connectivity index is 1.66. The van der Waals surface area contributed by atoms with Crippen LogP contribution >= 0.6 is 0 Å². The van der Waals surface area contributed by atoms with Gasteiger partial charge in [-0.25, -0.2) is 12.8 Å². The van der Waals surface area contributed by atoms with E-state index in [4.69, 9.17) is 0 Å². The van der Waals surface area contributed by atoms with E-state index in [9.17, 15) is 22.7 Å². The van der Waals surface area contributed by atoms with Crippen LogP contribution in [0.3, 0.4) is 0 Å². The molecule has 1 atom stereocenters. The number of hydrogen-bond acceptors (Lipinski definition) is 3. The van der Waals surface area contributed by atoms with Crippen molar-refractivity contribution in [1.29, 1.82) is 0 Å². The molecule has 0 saturated carbocycles. The maximum atomic E-state index is 13.3. The standard InChI is InChI=1S/C25H24FNO4S/c26-23-8-10-24(11-9-23)32(30,31)27-12-4-7-20(17-27)22-14-18(15-25(28)29)13-21(16-22)19-5-2-1-3-6-19/h1-3,5-6,8-11,13-14,16,20H,4,7,12,15,17H2,(H,28,29). The van der Waals surface area contributed by atoms with Gasteiger partial charge in [0.15, 0.2) is 0 Å². The SMILES string of the molecule is O=C(O)Cc1cc(-c2ccccc2)cc(C2CCCN(S(=O)(=O)c3ccc(F)cc3)C2)c1. The molecule has 1 heterocycles. The molecule has 1 fully saturated rings. The third-order valence-corrected chi connectivity index (χ3v) is 7.66. The highest BCUT2D eigenvalue weighted by atomic mass is 32.2. The number of halogens is 1. The number of carboxylic acid groups (broad SMARTS) is 1. The van der Waals surface area contributed by atoms with Crippen molar-refractivity contribution < 1.29 is 22.7 Å². The molecule has 0 bridgehead atoms. The quantitative estimate of drug-likeness (QED) is 0.588. The van der Waals surface area contributed by atoms with E-state index in [0.29, 0.717) is 25.1 Å². The van der Waals surface area contributed by atoms with E-state index in [1.165, 1.54) is 16.4 Å². The molecule has 1 aliphatic rings. The first-order valence-electron chi connectivity index (χ1n) is 10.5. The lowest BCUT2D eigenvalue weighted by molar-refractivity contribution is -0.136. The summed E-state index contributed by atoms with van der Waals surface area (Å²) < 4.78 is 40.9. The average molecular weight is 454 g/mol. The van der Waals surface area contributed by atoms with E-state index in [1.807, 2.05) is 48.5 Å². The van der Waals surface area contributed by atoms with Crippen molar-refractivity contribution in [3.8, 4) is 11.1 Å². The van der Waals surface area contributed by atoms with Crippen molar-refractivity contribution in [2.24, 2.45) is 0 Å². The summed E-state index contributed by atoms with van der Waals surface area (Å²) in [6, 6.07) is 20.4. The maximum absolute atomic E-state index is 13.3. The topological polar surface area (TPSA) is 74.7 Å². The van der Waals surface area contributed by atoms with Gasteiger partial charge in [-0.05, 0) is 65.3 Å². The van der Waals surface area contributed by atoms with E-state index >= 15 is 0 Å². The van der Waals surface area contributed by atoms with Crippen molar-refractivity contribution in [3.05, 3.63) is 89.7 Å². The molecule has 3 aromatic carbocycles. The fourth-order valence-electron chi connectivity index (χ4n) is 4.22. The highest BCUT2D eigenvalue weighted by Gasteiger charge is 2.31. The Morgan fingerprint density at radius 3 is 2.41 bits per heavy atom. The molecule has 3 aromatic rings. The molecule has 0 radical (unpaired) electrons. The minimum Gasteiger partial charge on any atom is -0.481 e. The Labute approximate surface area is 187 Å². The summed E-state index contributed by atoms with van der Waals surface area (Å²) in [5, 5.41) is 9.31. The van der Waals surface area contributed by atoms with Gasteiger partial charge >= 0.3 is 5.97 Å². The number of benzene rings is 3. The lowest BCUT2D eigenvalue weighted by Crippen LogP contribution is -2.39. The van der Waals surface area contributed by atoms with Crippen LogP contribution in [0.15, 0.2) is 77.7 Å². The fourth-order valence-corrected chi connectivity index (χ4v) is 5.74. The second-order valence-corrected chi connectivity index (χ2v) is 9.99. The number of piperidine rings is 1. The van der Waals surface area contributed by atoms with Crippen LogP contribution in [0.25, 0.3) is 11.1 Å². The molecular weight excluding hydrogens is 429 g/mol. The summed E-state index contributed by atoms with van der Waals surface area (Å²) in [5.41, 5.74) is 3.51. The van der Waals surface area contributed by atoms with Crippen LogP contribution < -0.4 is 0 Å². The van der Waals surface area contributed by atoms with Crippen LogP contribution in [-0.4, -0.2) is 36.9 Å². The molecule has 0 aromatic heterocycles. The fraction of sp³-hybridized carbons (Fsp3) is 0.240. The molecule has 166 valence electrons. The van der Waals surface area contributed by atoms with Crippen molar-refractivity contribution in [3.63, 3.8) is 0 Å². The summed E-state index contributed by atoms with van der Waals surface area (Å²) >= 11 is 0. The van der Waals surface area contributed by atoms with E-state index in [0.717, 1.165) is 35.2 Å². The number of hydrogen-bond donors (Lipinski definition) is 1. The van der Waals surface area contributed by atoms with E-state index in [2.05, 4.69) is 0 Å². The van der Waals surface area contributed by atoms with Crippen LogP contribution in [0, 0.1) is 5.82 Å². The van der Waals surface area contributed by atoms with Gasteiger partial charge in [-0.2, -0.15) is 4.31 Å². The number of rotatable bonds is 6. The van der Waals surface area contributed by atoms with E-state index < -0.39 is 21.8 Å². The lowest BCUT2D eigenvalue weighted by atomic mass is 9.87. The molecule has 4 rings (SSSR count). The maximum Gasteiger partial charge on any atom is 0.307 e. The normalized spacial score (nSPS) is 17.2. The molecule has 1 unspecified atom stereocenters. The van der Waals surface area contributed by atoms with Gasteiger partial charge in [-0.1, -0.05) is 48.5 Å². The molecule has 1 aliphatic heterocycles. The summed E-state index contributed by atoms with van der Waals surface area (Å²) in [7, 11) is -3.74. The predicted octanol–water partition coefficient (Wildman–Crippen LogP) is 4.69. The second-order valence-electron chi connectivity index (χ2n) is 8.06. The van der Waals surface area contributed by atoms with Crippen molar-refractivity contribution >= 4 is 16.0 Å². The minimum atomic E-state index is -3.74. The molecule has 0 aliphatic carbocycles. The Kier molecular flexibility index (Phi) is 6.39. The van der Waals surface area contributed by atoms with Crippen molar-refractivity contribution in [2.45, 2.75) is 30.1 Å². The van der Waals surface area contributed by atoms with Crippen molar-refractivity contribution in [1.82, 2.24) is 4.31 Å². The minimum absolute atomic E-state index is 0.0600. The van der Waals surface area contributed by atoms with Crippen LogP contribution in [0.4, 0.5) is 4.39 Å². The molecule has 0 amide bonds. The smallest absolute Gasteiger partial charge is 0.307 e. The second kappa shape index (κ2) is 9.22. The third-order valence-electron chi connectivity index (χ3n) is 5.78. The summed E-state index contributed by atoms with van der Waals surface area (Å²) in [4.78, 5) is 11.4.